The van der Waals surface area contributed by atoms with Gasteiger partial charge < -0.3 is 10.4 Å². The van der Waals surface area contributed by atoms with Crippen molar-refractivity contribution in [1.82, 2.24) is 5.32 Å². The van der Waals surface area contributed by atoms with Gasteiger partial charge in [-0.25, -0.2) is 0 Å². The van der Waals surface area contributed by atoms with Gasteiger partial charge in [-0.15, -0.1) is 0 Å². The molecule has 1 fully saturated rings. The highest BCUT2D eigenvalue weighted by Gasteiger charge is 2.33. The first kappa shape index (κ1) is 12.2. The van der Waals surface area contributed by atoms with Crippen LogP contribution in [0.3, 0.4) is 0 Å². The zero-order chi connectivity index (χ0) is 11.6. The Balaban J connectivity index is 2.22. The summed E-state index contributed by atoms with van der Waals surface area (Å²) in [5.74, 6) is 0. The third-order valence-electron chi connectivity index (χ3n) is 3.26. The molecule has 0 saturated carbocycles. The average Bonchev–Trinajstić information content (AvgIpc) is 2.74. The van der Waals surface area contributed by atoms with Gasteiger partial charge in [-0.3, -0.25) is 0 Å². The van der Waals surface area contributed by atoms with Crippen LogP contribution in [0.5, 0.6) is 0 Å². The number of nitrogens with one attached hydrogen (secondary N) is 1. The monoisotopic (exact) mass is 259 g/mol. The van der Waals surface area contributed by atoms with Crippen LogP contribution in [-0.2, 0) is 6.42 Å². The lowest BCUT2D eigenvalue weighted by Crippen LogP contribution is -2.30. The second-order valence-electron chi connectivity index (χ2n) is 4.47. The fraction of sp³-hybridized carbons (Fsp3) is 0.500. The highest BCUT2D eigenvalue weighted by Crippen LogP contribution is 2.34. The fourth-order valence-electron chi connectivity index (χ4n) is 2.23. The third kappa shape index (κ3) is 2.35. The van der Waals surface area contributed by atoms with E-state index in [9.17, 15) is 5.11 Å². The number of benzene rings is 1. The summed E-state index contributed by atoms with van der Waals surface area (Å²) in [6.45, 7) is 1.98. The van der Waals surface area contributed by atoms with Gasteiger partial charge in [0.2, 0.25) is 0 Å². The lowest BCUT2D eigenvalue weighted by Gasteiger charge is -2.26. The second-order valence-corrected chi connectivity index (χ2v) is 5.26. The summed E-state index contributed by atoms with van der Waals surface area (Å²) in [6.07, 6.45) is 1.75. The summed E-state index contributed by atoms with van der Waals surface area (Å²) in [4.78, 5) is 0. The summed E-state index contributed by atoms with van der Waals surface area (Å²) in [5.41, 5.74) is 0.945. The minimum atomic E-state index is -0.0751. The van der Waals surface area contributed by atoms with E-state index >= 15 is 0 Å². The summed E-state index contributed by atoms with van der Waals surface area (Å²) in [5, 5.41) is 14.0. The molecule has 2 N–H and O–H groups in total. The van der Waals surface area contributed by atoms with Crippen LogP contribution < -0.4 is 5.32 Å². The van der Waals surface area contributed by atoms with Gasteiger partial charge in [-0.1, -0.05) is 35.3 Å². The van der Waals surface area contributed by atoms with Crippen molar-refractivity contribution in [3.63, 3.8) is 0 Å². The van der Waals surface area contributed by atoms with Crippen molar-refractivity contribution in [1.29, 1.82) is 0 Å². The molecule has 1 heterocycles. The predicted octanol–water partition coefficient (Wildman–Crippen LogP) is 2.51. The highest BCUT2D eigenvalue weighted by molar-refractivity contribution is 6.42. The van der Waals surface area contributed by atoms with Crippen molar-refractivity contribution in [2.45, 2.75) is 12.8 Å². The first-order valence-electron chi connectivity index (χ1n) is 5.41. The molecule has 1 atom stereocenters. The lowest BCUT2D eigenvalue weighted by atomic mass is 9.81. The molecule has 0 aliphatic carbocycles. The molecule has 88 valence electrons. The maximum atomic E-state index is 9.52. The van der Waals surface area contributed by atoms with Gasteiger partial charge in [0.05, 0.1) is 16.7 Å². The molecule has 0 aromatic heterocycles. The van der Waals surface area contributed by atoms with Gasteiger partial charge in [0.15, 0.2) is 0 Å². The number of aliphatic hydroxyl groups is 1. The number of hydrogen-bond acceptors (Lipinski definition) is 2. The number of rotatable bonds is 3. The molecule has 4 heteroatoms. The molecule has 1 aromatic rings. The Labute approximate surface area is 106 Å². The first-order chi connectivity index (χ1) is 7.67. The van der Waals surface area contributed by atoms with Crippen molar-refractivity contribution in [3.05, 3.63) is 33.8 Å². The van der Waals surface area contributed by atoms with E-state index in [4.69, 9.17) is 23.2 Å². The zero-order valence-corrected chi connectivity index (χ0v) is 10.5. The van der Waals surface area contributed by atoms with E-state index in [0.29, 0.717) is 10.0 Å². The zero-order valence-electron chi connectivity index (χ0n) is 8.97. The highest BCUT2D eigenvalue weighted by atomic mass is 35.5. The number of aliphatic hydroxyl groups excluding tert-OH is 1. The van der Waals surface area contributed by atoms with Crippen LogP contribution in [0.15, 0.2) is 18.2 Å². The second kappa shape index (κ2) is 4.92. The smallest absolute Gasteiger partial charge is 0.0624 e. The quantitative estimate of drug-likeness (QED) is 0.875. The van der Waals surface area contributed by atoms with Crippen LogP contribution in [-0.4, -0.2) is 24.8 Å². The van der Waals surface area contributed by atoms with E-state index in [1.807, 2.05) is 12.1 Å². The molecular weight excluding hydrogens is 245 g/mol. The van der Waals surface area contributed by atoms with E-state index in [2.05, 4.69) is 5.32 Å². The normalized spacial score (nSPS) is 24.9. The molecule has 1 unspecified atom stereocenters. The summed E-state index contributed by atoms with van der Waals surface area (Å²) >= 11 is 12.1. The van der Waals surface area contributed by atoms with E-state index in [-0.39, 0.29) is 12.0 Å². The maximum Gasteiger partial charge on any atom is 0.0624 e. The van der Waals surface area contributed by atoms with Crippen molar-refractivity contribution in [2.75, 3.05) is 19.7 Å². The van der Waals surface area contributed by atoms with Gasteiger partial charge in [-0.2, -0.15) is 0 Å². The maximum absolute atomic E-state index is 9.52. The SMILES string of the molecule is OCC1(Cc2cccc(Cl)c2Cl)CCNC1. The third-order valence-corrected chi connectivity index (χ3v) is 4.12. The molecule has 2 nitrogen and oxygen atoms in total. The molecule has 1 aliphatic heterocycles. The Morgan fingerprint density at radius 1 is 1.38 bits per heavy atom. The van der Waals surface area contributed by atoms with Gasteiger partial charge in [0, 0.05) is 12.0 Å². The Bertz CT molecular complexity index is 375. The van der Waals surface area contributed by atoms with Crippen molar-refractivity contribution < 1.29 is 5.11 Å². The van der Waals surface area contributed by atoms with Crippen molar-refractivity contribution in [3.8, 4) is 0 Å². The Morgan fingerprint density at radius 3 is 2.81 bits per heavy atom. The van der Waals surface area contributed by atoms with Crippen LogP contribution >= 0.6 is 23.2 Å². The van der Waals surface area contributed by atoms with Crippen LogP contribution in [0.1, 0.15) is 12.0 Å². The van der Waals surface area contributed by atoms with Gasteiger partial charge in [0.25, 0.3) is 0 Å². The molecule has 0 radical (unpaired) electrons. The molecule has 1 aliphatic rings. The van der Waals surface area contributed by atoms with Crippen LogP contribution in [0.4, 0.5) is 0 Å². The van der Waals surface area contributed by atoms with E-state index in [1.165, 1.54) is 0 Å². The average molecular weight is 260 g/mol. The molecule has 0 spiro atoms. The molecule has 2 rings (SSSR count). The van der Waals surface area contributed by atoms with Crippen LogP contribution in [0.2, 0.25) is 10.0 Å². The van der Waals surface area contributed by atoms with Gasteiger partial charge in [0.1, 0.15) is 0 Å². The number of hydrogen-bond donors (Lipinski definition) is 2. The van der Waals surface area contributed by atoms with Crippen molar-refractivity contribution in [2.24, 2.45) is 5.41 Å². The minimum absolute atomic E-state index is 0.0751. The Hall–Kier alpha value is -0.280. The molecule has 0 bridgehead atoms. The standard InChI is InChI=1S/C12H15Cl2NO/c13-10-3-1-2-9(11(10)14)6-12(8-16)4-5-15-7-12/h1-3,15-16H,4-8H2. The molecule has 1 saturated heterocycles. The van der Waals surface area contributed by atoms with Gasteiger partial charge >= 0.3 is 0 Å². The Morgan fingerprint density at radius 2 is 2.19 bits per heavy atom. The van der Waals surface area contributed by atoms with Crippen molar-refractivity contribution >= 4 is 23.2 Å². The van der Waals surface area contributed by atoms with Crippen LogP contribution in [0.25, 0.3) is 0 Å². The topological polar surface area (TPSA) is 32.3 Å². The molecule has 16 heavy (non-hydrogen) atoms. The number of halogens is 2. The largest absolute Gasteiger partial charge is 0.396 e. The summed E-state index contributed by atoms with van der Waals surface area (Å²) in [7, 11) is 0. The first-order valence-corrected chi connectivity index (χ1v) is 6.17. The molecular formula is C12H15Cl2NO. The summed E-state index contributed by atoms with van der Waals surface area (Å²) < 4.78 is 0. The Kier molecular flexibility index (Phi) is 3.75. The molecule has 0 amide bonds. The minimum Gasteiger partial charge on any atom is -0.396 e. The van der Waals surface area contributed by atoms with E-state index in [0.717, 1.165) is 31.5 Å². The fourth-order valence-corrected chi connectivity index (χ4v) is 2.61. The lowest BCUT2D eigenvalue weighted by molar-refractivity contribution is 0.143. The molecule has 1 aromatic carbocycles. The van der Waals surface area contributed by atoms with Crippen LogP contribution in [0, 0.1) is 5.41 Å². The summed E-state index contributed by atoms with van der Waals surface area (Å²) in [6, 6.07) is 5.66. The van der Waals surface area contributed by atoms with E-state index < -0.39 is 0 Å². The van der Waals surface area contributed by atoms with Gasteiger partial charge in [-0.05, 0) is 31.0 Å². The predicted molar refractivity (Wildman–Crippen MR) is 67.2 cm³/mol. The van der Waals surface area contributed by atoms with E-state index in [1.54, 1.807) is 6.07 Å².